The number of rotatable bonds is 5. The van der Waals surface area contributed by atoms with Crippen LogP contribution in [0.2, 0.25) is 0 Å². The Bertz CT molecular complexity index is 680. The molecule has 1 aromatic heterocycles. The Balaban J connectivity index is 1.67. The van der Waals surface area contributed by atoms with Crippen molar-refractivity contribution in [1.29, 1.82) is 0 Å². The summed E-state index contributed by atoms with van der Waals surface area (Å²) in [6.45, 7) is 11.0. The van der Waals surface area contributed by atoms with Crippen LogP contribution in [0, 0.1) is 6.92 Å². The van der Waals surface area contributed by atoms with E-state index < -0.39 is 0 Å². The molecule has 3 rings (SSSR count). The predicted octanol–water partition coefficient (Wildman–Crippen LogP) is -1.19. The molecule has 1 aromatic carbocycles. The molecule has 0 unspecified atom stereocenters. The Kier molecular flexibility index (Phi) is 5.22. The van der Waals surface area contributed by atoms with Gasteiger partial charge in [0.25, 0.3) is 0 Å². The minimum atomic E-state index is 0.271. The van der Waals surface area contributed by atoms with Crippen LogP contribution in [0.5, 0.6) is 0 Å². The summed E-state index contributed by atoms with van der Waals surface area (Å²) >= 11 is 0. The third kappa shape index (κ3) is 4.39. The molecule has 1 fully saturated rings. The van der Waals surface area contributed by atoms with Crippen LogP contribution < -0.4 is 20.9 Å². The van der Waals surface area contributed by atoms with Crippen molar-refractivity contribution >= 4 is 17.6 Å². The molecule has 0 spiro atoms. The first-order valence-corrected chi connectivity index (χ1v) is 8.63. The lowest BCUT2D eigenvalue weighted by molar-refractivity contribution is -1.02. The van der Waals surface area contributed by atoms with Crippen LogP contribution in [0.25, 0.3) is 0 Å². The van der Waals surface area contributed by atoms with Crippen molar-refractivity contribution in [2.75, 3.05) is 43.8 Å². The number of aromatic nitrogens is 3. The summed E-state index contributed by atoms with van der Waals surface area (Å²) in [5.74, 6) is 1.54. The number of nitrogen functional groups attached to an aromatic ring is 1. The Labute approximate surface area is 142 Å². The van der Waals surface area contributed by atoms with Gasteiger partial charge in [-0.05, 0) is 31.5 Å². The van der Waals surface area contributed by atoms with Crippen LogP contribution in [0.4, 0.5) is 17.6 Å². The van der Waals surface area contributed by atoms with Gasteiger partial charge in [-0.2, -0.15) is 15.0 Å². The van der Waals surface area contributed by atoms with E-state index in [-0.39, 0.29) is 5.95 Å². The van der Waals surface area contributed by atoms with Crippen molar-refractivity contribution < 1.29 is 9.80 Å². The zero-order valence-electron chi connectivity index (χ0n) is 14.5. The number of piperazine rings is 1. The van der Waals surface area contributed by atoms with E-state index >= 15 is 0 Å². The van der Waals surface area contributed by atoms with E-state index in [4.69, 9.17) is 5.73 Å². The first-order chi connectivity index (χ1) is 11.6. The molecule has 0 saturated carbocycles. The van der Waals surface area contributed by atoms with Crippen LogP contribution in [0.3, 0.4) is 0 Å². The first-order valence-electron chi connectivity index (χ1n) is 8.63. The topological polar surface area (TPSA) is 85.6 Å². The summed E-state index contributed by atoms with van der Waals surface area (Å²) in [6.07, 6.45) is 0. The van der Waals surface area contributed by atoms with Crippen molar-refractivity contribution in [2.45, 2.75) is 20.4 Å². The summed E-state index contributed by atoms with van der Waals surface area (Å²) in [7, 11) is 0. The molecule has 7 heteroatoms. The lowest BCUT2D eigenvalue weighted by Crippen LogP contribution is -3.27. The van der Waals surface area contributed by atoms with Crippen molar-refractivity contribution in [2.24, 2.45) is 0 Å². The first kappa shape index (κ1) is 16.6. The highest BCUT2D eigenvalue weighted by Crippen LogP contribution is 2.14. The SMILES string of the molecule is CC[NH+]1CC[NH+](Cc2nc(N)nc(Nc3cccc(C)c3)n2)CC1. The minimum absolute atomic E-state index is 0.271. The van der Waals surface area contributed by atoms with Gasteiger partial charge >= 0.3 is 0 Å². The average Bonchev–Trinajstić information content (AvgIpc) is 2.55. The van der Waals surface area contributed by atoms with Crippen LogP contribution in [0.1, 0.15) is 18.3 Å². The van der Waals surface area contributed by atoms with Gasteiger partial charge in [0.1, 0.15) is 32.7 Å². The van der Waals surface area contributed by atoms with Gasteiger partial charge in [0.05, 0.1) is 6.54 Å². The highest BCUT2D eigenvalue weighted by molar-refractivity contribution is 5.54. The average molecular weight is 329 g/mol. The lowest BCUT2D eigenvalue weighted by atomic mass is 10.2. The van der Waals surface area contributed by atoms with Crippen LogP contribution >= 0.6 is 0 Å². The summed E-state index contributed by atoms with van der Waals surface area (Å²) in [5.41, 5.74) is 8.02. The van der Waals surface area contributed by atoms with Gasteiger partial charge in [-0.25, -0.2) is 0 Å². The monoisotopic (exact) mass is 329 g/mol. The van der Waals surface area contributed by atoms with E-state index in [1.54, 1.807) is 4.90 Å². The Morgan fingerprint density at radius 1 is 1.08 bits per heavy atom. The van der Waals surface area contributed by atoms with Gasteiger partial charge in [-0.3, -0.25) is 0 Å². The smallest absolute Gasteiger partial charge is 0.232 e. The van der Waals surface area contributed by atoms with Gasteiger partial charge in [-0.1, -0.05) is 12.1 Å². The van der Waals surface area contributed by atoms with Crippen LogP contribution in [-0.2, 0) is 6.54 Å². The molecule has 2 aromatic rings. The Morgan fingerprint density at radius 2 is 1.83 bits per heavy atom. The predicted molar refractivity (Wildman–Crippen MR) is 94.3 cm³/mol. The van der Waals surface area contributed by atoms with E-state index in [1.165, 1.54) is 30.1 Å². The van der Waals surface area contributed by atoms with E-state index in [9.17, 15) is 0 Å². The van der Waals surface area contributed by atoms with E-state index in [1.807, 2.05) is 12.1 Å². The summed E-state index contributed by atoms with van der Waals surface area (Å²) in [5, 5.41) is 3.22. The van der Waals surface area contributed by atoms with Crippen molar-refractivity contribution in [1.82, 2.24) is 15.0 Å². The van der Waals surface area contributed by atoms with Gasteiger partial charge in [0, 0.05) is 5.69 Å². The molecule has 0 aliphatic carbocycles. The quantitative estimate of drug-likeness (QED) is 0.554. The molecular weight excluding hydrogens is 302 g/mol. The van der Waals surface area contributed by atoms with E-state index in [0.717, 1.165) is 31.1 Å². The molecule has 24 heavy (non-hydrogen) atoms. The largest absolute Gasteiger partial charge is 0.368 e. The van der Waals surface area contributed by atoms with Gasteiger partial charge in [0.2, 0.25) is 11.9 Å². The number of quaternary nitrogens is 2. The van der Waals surface area contributed by atoms with Crippen LogP contribution in [0.15, 0.2) is 24.3 Å². The highest BCUT2D eigenvalue weighted by Gasteiger charge is 2.22. The zero-order chi connectivity index (χ0) is 16.9. The Hall–Kier alpha value is -2.25. The number of nitrogens with one attached hydrogen (secondary N) is 3. The molecule has 128 valence electrons. The number of nitrogens with two attached hydrogens (primary N) is 1. The second-order valence-electron chi connectivity index (χ2n) is 6.46. The number of benzene rings is 1. The Morgan fingerprint density at radius 3 is 2.54 bits per heavy atom. The molecule has 1 aliphatic rings. The van der Waals surface area contributed by atoms with E-state index in [0.29, 0.717) is 5.95 Å². The lowest BCUT2D eigenvalue weighted by Gasteiger charge is -2.28. The normalized spacial score (nSPS) is 20.8. The fourth-order valence-corrected chi connectivity index (χ4v) is 3.14. The standard InChI is InChI=1S/C17H25N7/c1-3-23-7-9-24(10-8-23)12-15-20-16(18)22-17(21-15)19-14-6-4-5-13(2)11-14/h4-6,11H,3,7-10,12H2,1-2H3,(H3,18,19,20,21,22)/p+2. The molecule has 0 amide bonds. The van der Waals surface area contributed by atoms with Gasteiger partial charge in [0.15, 0.2) is 5.82 Å². The number of likely N-dealkylation sites (N-methyl/N-ethyl adjacent to an activating group) is 1. The molecule has 7 nitrogen and oxygen atoms in total. The van der Waals surface area contributed by atoms with Crippen molar-refractivity contribution in [3.05, 3.63) is 35.7 Å². The molecule has 0 bridgehead atoms. The second-order valence-corrected chi connectivity index (χ2v) is 6.46. The molecule has 0 radical (unpaired) electrons. The second kappa shape index (κ2) is 7.55. The van der Waals surface area contributed by atoms with Gasteiger partial charge in [-0.15, -0.1) is 0 Å². The maximum absolute atomic E-state index is 5.88. The number of aryl methyl sites for hydroxylation is 1. The third-order valence-corrected chi connectivity index (χ3v) is 4.55. The summed E-state index contributed by atoms with van der Waals surface area (Å²) in [6, 6.07) is 8.10. The fraction of sp³-hybridized carbons (Fsp3) is 0.471. The summed E-state index contributed by atoms with van der Waals surface area (Å²) < 4.78 is 0. The molecular formula is C17H27N7+2. The van der Waals surface area contributed by atoms with Gasteiger partial charge < -0.3 is 20.9 Å². The third-order valence-electron chi connectivity index (χ3n) is 4.55. The molecule has 0 atom stereocenters. The van der Waals surface area contributed by atoms with E-state index in [2.05, 4.69) is 46.2 Å². The highest BCUT2D eigenvalue weighted by atomic mass is 15.3. The van der Waals surface area contributed by atoms with Crippen LogP contribution in [-0.4, -0.2) is 47.7 Å². The minimum Gasteiger partial charge on any atom is -0.368 e. The number of anilines is 3. The van der Waals surface area contributed by atoms with Crippen molar-refractivity contribution in [3.63, 3.8) is 0 Å². The molecule has 1 saturated heterocycles. The molecule has 5 N–H and O–H groups in total. The number of hydrogen-bond donors (Lipinski definition) is 4. The molecule has 1 aliphatic heterocycles. The molecule has 2 heterocycles. The fourth-order valence-electron chi connectivity index (χ4n) is 3.14. The van der Waals surface area contributed by atoms with Crippen molar-refractivity contribution in [3.8, 4) is 0 Å². The zero-order valence-corrected chi connectivity index (χ0v) is 14.5. The maximum Gasteiger partial charge on any atom is 0.232 e. The maximum atomic E-state index is 5.88. The summed E-state index contributed by atoms with van der Waals surface area (Å²) in [4.78, 5) is 16.3. The number of nitrogens with zero attached hydrogens (tertiary/aromatic N) is 3. The number of hydrogen-bond acceptors (Lipinski definition) is 5.